The summed E-state index contributed by atoms with van der Waals surface area (Å²) >= 11 is 0. The van der Waals surface area contributed by atoms with Crippen molar-refractivity contribution in [3.8, 4) is 0 Å². The summed E-state index contributed by atoms with van der Waals surface area (Å²) in [7, 11) is 0. The van der Waals surface area contributed by atoms with Crippen molar-refractivity contribution < 1.29 is 19.1 Å². The summed E-state index contributed by atoms with van der Waals surface area (Å²) in [6, 6.07) is 0. The molecule has 0 aromatic carbocycles. The van der Waals surface area contributed by atoms with Crippen molar-refractivity contribution in [1.82, 2.24) is 10.2 Å². The molecule has 1 N–H and O–H groups in total. The molecule has 4 atom stereocenters. The van der Waals surface area contributed by atoms with Crippen LogP contribution in [0.25, 0.3) is 0 Å². The van der Waals surface area contributed by atoms with Gasteiger partial charge in [0.25, 0.3) is 5.91 Å². The fraction of sp³-hybridized carbons (Fsp3) is 0.786. The maximum Gasteiger partial charge on any atom is 0.252 e. The van der Waals surface area contributed by atoms with Crippen LogP contribution in [0.1, 0.15) is 34.6 Å². The van der Waals surface area contributed by atoms with Crippen LogP contribution in [0.4, 0.5) is 0 Å². The Bertz CT molecular complexity index is 460. The smallest absolute Gasteiger partial charge is 0.252 e. The van der Waals surface area contributed by atoms with Gasteiger partial charge in [-0.05, 0) is 33.6 Å². The van der Waals surface area contributed by atoms with Crippen LogP contribution in [0, 0.1) is 11.8 Å². The van der Waals surface area contributed by atoms with Gasteiger partial charge in [0.2, 0.25) is 11.8 Å². The average molecular weight is 282 g/mol. The van der Waals surface area contributed by atoms with Gasteiger partial charge in [0.15, 0.2) is 0 Å². The SMILES string of the molecule is CC1OC(C)C(C(=O)N2CC(=O)NC(=O)C2(C)C)C1C. The molecule has 0 radical (unpaired) electrons. The van der Waals surface area contributed by atoms with Gasteiger partial charge in [0.1, 0.15) is 12.1 Å². The van der Waals surface area contributed by atoms with Gasteiger partial charge in [0.05, 0.1) is 18.1 Å². The Morgan fingerprint density at radius 3 is 2.35 bits per heavy atom. The largest absolute Gasteiger partial charge is 0.374 e. The van der Waals surface area contributed by atoms with E-state index in [1.165, 1.54) is 4.90 Å². The van der Waals surface area contributed by atoms with Gasteiger partial charge >= 0.3 is 0 Å². The van der Waals surface area contributed by atoms with E-state index in [1.54, 1.807) is 13.8 Å². The van der Waals surface area contributed by atoms with E-state index in [9.17, 15) is 14.4 Å². The minimum atomic E-state index is -1.02. The first kappa shape index (κ1) is 15.0. The fourth-order valence-electron chi connectivity index (χ4n) is 3.01. The summed E-state index contributed by atoms with van der Waals surface area (Å²) in [5, 5.41) is 2.27. The first-order valence-corrected chi connectivity index (χ1v) is 6.97. The number of amides is 3. The van der Waals surface area contributed by atoms with Crippen molar-refractivity contribution in [2.75, 3.05) is 6.54 Å². The normalized spacial score (nSPS) is 37.0. The molecular weight excluding hydrogens is 260 g/mol. The van der Waals surface area contributed by atoms with E-state index in [0.717, 1.165) is 0 Å². The summed E-state index contributed by atoms with van der Waals surface area (Å²) in [4.78, 5) is 37.7. The molecule has 0 aliphatic carbocycles. The highest BCUT2D eigenvalue weighted by atomic mass is 16.5. The third-order valence-corrected chi connectivity index (χ3v) is 4.58. The van der Waals surface area contributed by atoms with Gasteiger partial charge in [-0.25, -0.2) is 0 Å². The van der Waals surface area contributed by atoms with Gasteiger partial charge in [-0.2, -0.15) is 0 Å². The standard InChI is InChI=1S/C14H22N2O4/c1-7-8(2)20-9(3)11(7)12(18)16-6-10(17)15-13(19)14(16,4)5/h7-9,11H,6H2,1-5H3,(H,15,17,19). The highest BCUT2D eigenvalue weighted by molar-refractivity contribution is 6.06. The maximum atomic E-state index is 12.8. The number of imide groups is 1. The molecule has 4 unspecified atom stereocenters. The van der Waals surface area contributed by atoms with Gasteiger partial charge in [-0.15, -0.1) is 0 Å². The number of ether oxygens (including phenoxy) is 1. The van der Waals surface area contributed by atoms with E-state index < -0.39 is 17.4 Å². The van der Waals surface area contributed by atoms with E-state index >= 15 is 0 Å². The average Bonchev–Trinajstić information content (AvgIpc) is 2.58. The molecule has 3 amide bonds. The summed E-state index contributed by atoms with van der Waals surface area (Å²) in [6.07, 6.45) is -0.209. The first-order valence-electron chi connectivity index (χ1n) is 6.97. The van der Waals surface area contributed by atoms with Crippen LogP contribution >= 0.6 is 0 Å². The Balaban J connectivity index is 2.27. The van der Waals surface area contributed by atoms with Crippen LogP contribution in [0.5, 0.6) is 0 Å². The lowest BCUT2D eigenvalue weighted by molar-refractivity contribution is -0.159. The van der Waals surface area contributed by atoms with Crippen molar-refractivity contribution >= 4 is 17.7 Å². The third-order valence-electron chi connectivity index (χ3n) is 4.58. The summed E-state index contributed by atoms with van der Waals surface area (Å²) in [5.74, 6) is -1.30. The van der Waals surface area contributed by atoms with E-state index in [1.807, 2.05) is 20.8 Å². The van der Waals surface area contributed by atoms with Crippen molar-refractivity contribution in [3.63, 3.8) is 0 Å². The van der Waals surface area contributed by atoms with Crippen LogP contribution in [-0.4, -0.2) is 46.9 Å². The number of carbonyl (C=O) groups is 3. The highest BCUT2D eigenvalue weighted by Crippen LogP contribution is 2.35. The fourth-order valence-corrected chi connectivity index (χ4v) is 3.01. The van der Waals surface area contributed by atoms with Crippen molar-refractivity contribution in [2.24, 2.45) is 11.8 Å². The minimum Gasteiger partial charge on any atom is -0.374 e. The van der Waals surface area contributed by atoms with Crippen LogP contribution in [0.3, 0.4) is 0 Å². The monoisotopic (exact) mass is 282 g/mol. The zero-order valence-corrected chi connectivity index (χ0v) is 12.6. The number of nitrogens with zero attached hydrogens (tertiary/aromatic N) is 1. The van der Waals surface area contributed by atoms with E-state index in [0.29, 0.717) is 0 Å². The van der Waals surface area contributed by atoms with Crippen LogP contribution in [0.15, 0.2) is 0 Å². The third kappa shape index (κ3) is 2.22. The van der Waals surface area contributed by atoms with E-state index in [2.05, 4.69) is 5.32 Å². The number of piperazine rings is 1. The molecule has 0 aromatic rings. The molecule has 2 aliphatic heterocycles. The molecular formula is C14H22N2O4. The lowest BCUT2D eigenvalue weighted by Gasteiger charge is -2.42. The molecule has 2 rings (SSSR count). The van der Waals surface area contributed by atoms with Gasteiger partial charge in [0, 0.05) is 0 Å². The molecule has 2 aliphatic rings. The van der Waals surface area contributed by atoms with Crippen molar-refractivity contribution in [3.05, 3.63) is 0 Å². The molecule has 20 heavy (non-hydrogen) atoms. The molecule has 0 bridgehead atoms. The Kier molecular flexibility index (Phi) is 3.62. The number of carbonyl (C=O) groups excluding carboxylic acids is 3. The lowest BCUT2D eigenvalue weighted by Crippen LogP contribution is -2.66. The zero-order valence-electron chi connectivity index (χ0n) is 12.6. The zero-order chi connectivity index (χ0) is 15.2. The predicted octanol–water partition coefficient (Wildman–Crippen LogP) is 0.310. The Labute approximate surface area is 118 Å². The maximum absolute atomic E-state index is 12.8. The molecule has 2 heterocycles. The van der Waals surface area contributed by atoms with Crippen molar-refractivity contribution in [2.45, 2.75) is 52.4 Å². The van der Waals surface area contributed by atoms with Gasteiger partial charge in [-0.3, -0.25) is 19.7 Å². The molecule has 2 fully saturated rings. The van der Waals surface area contributed by atoms with Gasteiger partial charge < -0.3 is 9.64 Å². The predicted molar refractivity (Wildman–Crippen MR) is 71.6 cm³/mol. The van der Waals surface area contributed by atoms with Crippen LogP contribution in [-0.2, 0) is 19.1 Å². The summed E-state index contributed by atoms with van der Waals surface area (Å²) in [5.41, 5.74) is -1.02. The summed E-state index contributed by atoms with van der Waals surface area (Å²) in [6.45, 7) is 9.00. The molecule has 112 valence electrons. The number of rotatable bonds is 1. The molecule has 6 heteroatoms. The molecule has 6 nitrogen and oxygen atoms in total. The minimum absolute atomic E-state index is 0.00335. The van der Waals surface area contributed by atoms with E-state index in [4.69, 9.17) is 4.74 Å². The number of hydrogen-bond donors (Lipinski definition) is 1. The van der Waals surface area contributed by atoms with Gasteiger partial charge in [-0.1, -0.05) is 6.92 Å². The molecule has 0 aromatic heterocycles. The quantitative estimate of drug-likeness (QED) is 0.702. The van der Waals surface area contributed by atoms with Crippen molar-refractivity contribution in [1.29, 1.82) is 0 Å². The Morgan fingerprint density at radius 1 is 1.25 bits per heavy atom. The topological polar surface area (TPSA) is 75.7 Å². The second-order valence-electron chi connectivity index (χ2n) is 6.29. The molecule has 2 saturated heterocycles. The molecule has 0 saturated carbocycles. The van der Waals surface area contributed by atoms with Crippen LogP contribution < -0.4 is 5.32 Å². The highest BCUT2D eigenvalue weighted by Gasteiger charge is 2.50. The lowest BCUT2D eigenvalue weighted by atomic mass is 9.86. The second-order valence-corrected chi connectivity index (χ2v) is 6.29. The second kappa shape index (κ2) is 4.84. The van der Waals surface area contributed by atoms with Crippen LogP contribution in [0.2, 0.25) is 0 Å². The molecule has 0 spiro atoms. The Hall–Kier alpha value is -1.43. The number of hydrogen-bond acceptors (Lipinski definition) is 4. The first-order chi connectivity index (χ1) is 9.16. The summed E-state index contributed by atoms with van der Waals surface area (Å²) < 4.78 is 5.69. The van der Waals surface area contributed by atoms with E-state index in [-0.39, 0.29) is 36.5 Å². The Morgan fingerprint density at radius 2 is 1.85 bits per heavy atom. The number of nitrogens with one attached hydrogen (secondary N) is 1.